The predicted molar refractivity (Wildman–Crippen MR) is 82.3 cm³/mol. The number of urea groups is 1. The Morgan fingerprint density at radius 3 is 2.05 bits per heavy atom. The third kappa shape index (κ3) is 4.88. The van der Waals surface area contributed by atoms with Gasteiger partial charge in [0.2, 0.25) is 0 Å². The lowest BCUT2D eigenvalue weighted by molar-refractivity contribution is -0.143. The second-order valence-electron chi connectivity index (χ2n) is 5.85. The van der Waals surface area contributed by atoms with Crippen molar-refractivity contribution in [3.05, 3.63) is 0 Å². The van der Waals surface area contributed by atoms with Gasteiger partial charge in [-0.05, 0) is 19.8 Å². The first-order valence-electron chi connectivity index (χ1n) is 7.92. The van der Waals surface area contributed by atoms with Crippen molar-refractivity contribution in [1.29, 1.82) is 0 Å². The number of nitrogens with one attached hydrogen (secondary N) is 1. The maximum atomic E-state index is 12.2. The Bertz CT molecular complexity index is 350. The van der Waals surface area contributed by atoms with Crippen molar-refractivity contribution in [2.24, 2.45) is 5.92 Å². The van der Waals surface area contributed by atoms with Gasteiger partial charge in [0.25, 0.3) is 0 Å². The van der Waals surface area contributed by atoms with Crippen LogP contribution in [0.1, 0.15) is 40.5 Å². The van der Waals surface area contributed by atoms with E-state index < -0.39 is 12.0 Å². The van der Waals surface area contributed by atoms with Crippen molar-refractivity contribution >= 4 is 12.0 Å². The Morgan fingerprint density at radius 2 is 1.62 bits per heavy atom. The molecule has 21 heavy (non-hydrogen) atoms. The SMILES string of the molecule is CCC(CC)C(C)NC(=O)N1CCN(C(C)C(=O)O)CC1. The van der Waals surface area contributed by atoms with E-state index in [-0.39, 0.29) is 12.1 Å². The largest absolute Gasteiger partial charge is 0.480 e. The van der Waals surface area contributed by atoms with Gasteiger partial charge < -0.3 is 15.3 Å². The van der Waals surface area contributed by atoms with E-state index >= 15 is 0 Å². The summed E-state index contributed by atoms with van der Waals surface area (Å²) in [6.45, 7) is 10.4. The molecule has 1 fully saturated rings. The normalized spacial score (nSPS) is 19.4. The average molecular weight is 299 g/mol. The molecule has 6 heteroatoms. The molecule has 0 spiro atoms. The van der Waals surface area contributed by atoms with Crippen LogP contribution in [0.2, 0.25) is 0 Å². The Hall–Kier alpha value is -1.30. The van der Waals surface area contributed by atoms with E-state index in [0.29, 0.717) is 32.1 Å². The molecule has 0 aromatic rings. The molecule has 2 unspecified atom stereocenters. The lowest BCUT2D eigenvalue weighted by Gasteiger charge is -2.37. The zero-order chi connectivity index (χ0) is 16.0. The molecule has 0 aromatic carbocycles. The number of aliphatic carboxylic acids is 1. The van der Waals surface area contributed by atoms with Gasteiger partial charge in [-0.2, -0.15) is 0 Å². The predicted octanol–water partition coefficient (Wildman–Crippen LogP) is 1.61. The van der Waals surface area contributed by atoms with Gasteiger partial charge in [-0.25, -0.2) is 4.79 Å². The Labute approximate surface area is 127 Å². The third-order valence-electron chi connectivity index (χ3n) is 4.61. The molecule has 0 bridgehead atoms. The van der Waals surface area contributed by atoms with E-state index in [4.69, 9.17) is 5.11 Å². The molecule has 1 heterocycles. The van der Waals surface area contributed by atoms with Crippen LogP contribution in [0.5, 0.6) is 0 Å². The highest BCUT2D eigenvalue weighted by molar-refractivity contribution is 5.75. The zero-order valence-electron chi connectivity index (χ0n) is 13.6. The molecule has 2 N–H and O–H groups in total. The highest BCUT2D eigenvalue weighted by Gasteiger charge is 2.28. The number of hydrogen-bond donors (Lipinski definition) is 2. The quantitative estimate of drug-likeness (QED) is 0.781. The number of carbonyl (C=O) groups excluding carboxylic acids is 1. The summed E-state index contributed by atoms with van der Waals surface area (Å²) in [6.07, 6.45) is 2.11. The number of carboxylic acids is 1. The summed E-state index contributed by atoms with van der Waals surface area (Å²) in [4.78, 5) is 26.9. The van der Waals surface area contributed by atoms with Crippen LogP contribution in [0.3, 0.4) is 0 Å². The van der Waals surface area contributed by atoms with Gasteiger partial charge in [-0.15, -0.1) is 0 Å². The number of amides is 2. The Morgan fingerprint density at radius 1 is 1.10 bits per heavy atom. The number of piperazine rings is 1. The molecule has 1 rings (SSSR count). The maximum absolute atomic E-state index is 12.2. The van der Waals surface area contributed by atoms with Gasteiger partial charge in [0.05, 0.1) is 0 Å². The molecule has 1 saturated heterocycles. The summed E-state index contributed by atoms with van der Waals surface area (Å²) >= 11 is 0. The van der Waals surface area contributed by atoms with Crippen LogP contribution in [-0.4, -0.2) is 65.2 Å². The molecule has 2 amide bonds. The van der Waals surface area contributed by atoms with Crippen LogP contribution in [0, 0.1) is 5.92 Å². The minimum atomic E-state index is -0.810. The fourth-order valence-electron chi connectivity index (χ4n) is 2.87. The number of carbonyl (C=O) groups is 2. The van der Waals surface area contributed by atoms with Gasteiger partial charge in [0, 0.05) is 32.2 Å². The maximum Gasteiger partial charge on any atom is 0.320 e. The van der Waals surface area contributed by atoms with Crippen LogP contribution in [0.25, 0.3) is 0 Å². The topological polar surface area (TPSA) is 72.9 Å². The van der Waals surface area contributed by atoms with E-state index in [2.05, 4.69) is 26.1 Å². The second-order valence-corrected chi connectivity index (χ2v) is 5.85. The summed E-state index contributed by atoms with van der Waals surface area (Å²) in [5, 5.41) is 12.1. The summed E-state index contributed by atoms with van der Waals surface area (Å²) in [5.41, 5.74) is 0. The zero-order valence-corrected chi connectivity index (χ0v) is 13.6. The molecule has 0 saturated carbocycles. The van der Waals surface area contributed by atoms with Gasteiger partial charge in [-0.1, -0.05) is 26.7 Å². The lowest BCUT2D eigenvalue weighted by Crippen LogP contribution is -2.56. The number of nitrogens with zero attached hydrogens (tertiary/aromatic N) is 2. The van der Waals surface area contributed by atoms with Crippen molar-refractivity contribution in [2.45, 2.75) is 52.6 Å². The molecule has 1 aliphatic heterocycles. The van der Waals surface area contributed by atoms with Crippen molar-refractivity contribution in [1.82, 2.24) is 15.1 Å². The molecule has 0 aliphatic carbocycles. The van der Waals surface area contributed by atoms with Gasteiger partial charge in [0.1, 0.15) is 6.04 Å². The summed E-state index contributed by atoms with van der Waals surface area (Å²) in [5.74, 6) is -0.308. The van der Waals surface area contributed by atoms with E-state index in [9.17, 15) is 9.59 Å². The van der Waals surface area contributed by atoms with Crippen molar-refractivity contribution in [2.75, 3.05) is 26.2 Å². The van der Waals surface area contributed by atoms with Crippen LogP contribution in [0.15, 0.2) is 0 Å². The third-order valence-corrected chi connectivity index (χ3v) is 4.61. The summed E-state index contributed by atoms with van der Waals surface area (Å²) < 4.78 is 0. The molecular weight excluding hydrogens is 270 g/mol. The molecule has 1 aliphatic rings. The standard InChI is InChI=1S/C15H29N3O3/c1-5-13(6-2)11(3)16-15(21)18-9-7-17(8-10-18)12(4)14(19)20/h11-13H,5-10H2,1-4H3,(H,16,21)(H,19,20). The summed E-state index contributed by atoms with van der Waals surface area (Å²) in [6, 6.07) is -0.348. The fourth-order valence-corrected chi connectivity index (χ4v) is 2.87. The van der Waals surface area contributed by atoms with E-state index in [0.717, 1.165) is 12.8 Å². The minimum Gasteiger partial charge on any atom is -0.480 e. The lowest BCUT2D eigenvalue weighted by atomic mass is 9.96. The van der Waals surface area contributed by atoms with Crippen molar-refractivity contribution in [3.8, 4) is 0 Å². The van der Waals surface area contributed by atoms with Crippen molar-refractivity contribution in [3.63, 3.8) is 0 Å². The summed E-state index contributed by atoms with van der Waals surface area (Å²) in [7, 11) is 0. The Kier molecular flexibility index (Phi) is 6.95. The first-order valence-corrected chi connectivity index (χ1v) is 7.92. The van der Waals surface area contributed by atoms with Crippen LogP contribution in [-0.2, 0) is 4.79 Å². The number of hydrogen-bond acceptors (Lipinski definition) is 3. The molecule has 0 radical (unpaired) electrons. The Balaban J connectivity index is 2.43. The monoisotopic (exact) mass is 299 g/mol. The van der Waals surface area contributed by atoms with E-state index in [1.54, 1.807) is 11.8 Å². The van der Waals surface area contributed by atoms with E-state index in [1.807, 2.05) is 4.90 Å². The smallest absolute Gasteiger partial charge is 0.320 e. The van der Waals surface area contributed by atoms with Crippen LogP contribution in [0.4, 0.5) is 4.79 Å². The fraction of sp³-hybridized carbons (Fsp3) is 0.867. The highest BCUT2D eigenvalue weighted by Crippen LogP contribution is 2.13. The minimum absolute atomic E-state index is 0.0305. The number of rotatable bonds is 6. The van der Waals surface area contributed by atoms with Gasteiger partial charge in [-0.3, -0.25) is 9.69 Å². The molecule has 2 atom stereocenters. The average Bonchev–Trinajstić information content (AvgIpc) is 2.47. The first-order chi connectivity index (χ1) is 9.90. The number of carboxylic acid groups (broad SMARTS) is 1. The van der Waals surface area contributed by atoms with Gasteiger partial charge >= 0.3 is 12.0 Å². The highest BCUT2D eigenvalue weighted by atomic mass is 16.4. The first kappa shape index (κ1) is 17.8. The van der Waals surface area contributed by atoms with E-state index in [1.165, 1.54) is 0 Å². The molecular formula is C15H29N3O3. The second kappa shape index (κ2) is 8.22. The van der Waals surface area contributed by atoms with Crippen molar-refractivity contribution < 1.29 is 14.7 Å². The van der Waals surface area contributed by atoms with Crippen LogP contribution < -0.4 is 5.32 Å². The van der Waals surface area contributed by atoms with Gasteiger partial charge in [0.15, 0.2) is 0 Å². The van der Waals surface area contributed by atoms with Crippen LogP contribution >= 0.6 is 0 Å². The molecule has 6 nitrogen and oxygen atoms in total. The molecule has 0 aromatic heterocycles. The molecule has 122 valence electrons.